The minimum atomic E-state index is -0.675. The maximum absolute atomic E-state index is 12.2. The molecule has 0 radical (unpaired) electrons. The average Bonchev–Trinajstić information content (AvgIpc) is 2.53. The zero-order chi connectivity index (χ0) is 16.1. The van der Waals surface area contributed by atoms with Crippen LogP contribution in [-0.2, 0) is 16.1 Å². The zero-order valence-electron chi connectivity index (χ0n) is 12.7. The summed E-state index contributed by atoms with van der Waals surface area (Å²) in [6.45, 7) is 1.91. The number of likely N-dealkylation sites (N-methyl/N-ethyl adjacent to an activating group) is 1. The fourth-order valence-corrected chi connectivity index (χ4v) is 2.02. The fourth-order valence-electron chi connectivity index (χ4n) is 2.02. The van der Waals surface area contributed by atoms with E-state index in [1.165, 1.54) is 12.0 Å². The van der Waals surface area contributed by atoms with Gasteiger partial charge in [0.25, 0.3) is 0 Å². The Hall–Kier alpha value is -2.70. The molecule has 0 aliphatic rings. The van der Waals surface area contributed by atoms with Crippen molar-refractivity contribution < 1.29 is 14.3 Å². The summed E-state index contributed by atoms with van der Waals surface area (Å²) >= 11 is 0. The van der Waals surface area contributed by atoms with Gasteiger partial charge in [0, 0.05) is 7.05 Å². The predicted octanol–water partition coefficient (Wildman–Crippen LogP) is 1.33. The molecule has 2 rings (SSSR count). The van der Waals surface area contributed by atoms with Crippen molar-refractivity contribution in [2.45, 2.75) is 19.5 Å². The fraction of sp³-hybridized carbons (Fsp3) is 0.333. The van der Waals surface area contributed by atoms with E-state index in [9.17, 15) is 9.59 Å². The maximum Gasteiger partial charge on any atom is 0.407 e. The Kier molecular flexibility index (Phi) is 4.88. The van der Waals surface area contributed by atoms with Crippen LogP contribution < -0.4 is 5.32 Å². The van der Waals surface area contributed by atoms with Crippen molar-refractivity contribution in [1.82, 2.24) is 20.2 Å². The van der Waals surface area contributed by atoms with Gasteiger partial charge < -0.3 is 15.0 Å². The molecule has 0 bridgehead atoms. The molecular weight excluding hydrogens is 284 g/mol. The van der Waals surface area contributed by atoms with Gasteiger partial charge in [0.1, 0.15) is 6.04 Å². The number of carbonyl (C=O) groups is 2. The van der Waals surface area contributed by atoms with Crippen LogP contribution >= 0.6 is 0 Å². The van der Waals surface area contributed by atoms with Crippen molar-refractivity contribution in [3.8, 4) is 0 Å². The largest absolute Gasteiger partial charge is 0.453 e. The van der Waals surface area contributed by atoms with Crippen LogP contribution in [0.15, 0.2) is 30.5 Å². The number of aromatic nitrogens is 2. The lowest BCUT2D eigenvalue weighted by Gasteiger charge is -2.21. The van der Waals surface area contributed by atoms with Crippen LogP contribution in [0.3, 0.4) is 0 Å². The van der Waals surface area contributed by atoms with Crippen LogP contribution in [0.4, 0.5) is 4.79 Å². The minimum Gasteiger partial charge on any atom is -0.453 e. The normalized spacial score (nSPS) is 11.8. The molecule has 0 spiro atoms. The molecule has 1 N–H and O–H groups in total. The molecule has 1 aromatic carbocycles. The predicted molar refractivity (Wildman–Crippen MR) is 81.0 cm³/mol. The van der Waals surface area contributed by atoms with Crippen molar-refractivity contribution in [2.24, 2.45) is 0 Å². The summed E-state index contributed by atoms with van der Waals surface area (Å²) in [4.78, 5) is 33.6. The first-order valence-electron chi connectivity index (χ1n) is 6.81. The van der Waals surface area contributed by atoms with Crippen LogP contribution in [0.5, 0.6) is 0 Å². The monoisotopic (exact) mass is 302 g/mol. The van der Waals surface area contributed by atoms with Crippen LogP contribution in [-0.4, -0.2) is 47.1 Å². The van der Waals surface area contributed by atoms with Crippen LogP contribution in [0.1, 0.15) is 12.6 Å². The van der Waals surface area contributed by atoms with E-state index in [4.69, 9.17) is 0 Å². The lowest BCUT2D eigenvalue weighted by molar-refractivity contribution is -0.132. The van der Waals surface area contributed by atoms with E-state index in [2.05, 4.69) is 20.0 Å². The quantitative estimate of drug-likeness (QED) is 0.921. The van der Waals surface area contributed by atoms with E-state index in [1.807, 2.05) is 24.3 Å². The third-order valence-corrected chi connectivity index (χ3v) is 3.16. The highest BCUT2D eigenvalue weighted by Crippen LogP contribution is 2.10. The summed E-state index contributed by atoms with van der Waals surface area (Å²) in [5, 5.41) is 2.44. The molecule has 1 aromatic heterocycles. The van der Waals surface area contributed by atoms with Crippen LogP contribution in [0.2, 0.25) is 0 Å². The van der Waals surface area contributed by atoms with Gasteiger partial charge in [0.15, 0.2) is 0 Å². The second kappa shape index (κ2) is 6.84. The van der Waals surface area contributed by atoms with Crippen LogP contribution in [0.25, 0.3) is 11.0 Å². The van der Waals surface area contributed by atoms with Crippen molar-refractivity contribution in [3.05, 3.63) is 36.2 Å². The molecule has 1 atom stereocenters. The van der Waals surface area contributed by atoms with Crippen molar-refractivity contribution in [2.75, 3.05) is 14.2 Å². The lowest BCUT2D eigenvalue weighted by atomic mass is 10.2. The molecule has 0 saturated heterocycles. The molecule has 0 saturated carbocycles. The second-order valence-electron chi connectivity index (χ2n) is 4.90. The first kappa shape index (κ1) is 15.7. The summed E-state index contributed by atoms with van der Waals surface area (Å²) < 4.78 is 4.47. The molecule has 1 heterocycles. The topological polar surface area (TPSA) is 84.4 Å². The minimum absolute atomic E-state index is 0.236. The number of ether oxygens (including phenoxy) is 1. The number of nitrogens with one attached hydrogen (secondary N) is 1. The number of para-hydroxylation sites is 2. The third-order valence-electron chi connectivity index (χ3n) is 3.16. The summed E-state index contributed by atoms with van der Waals surface area (Å²) in [5.41, 5.74) is 2.27. The number of fused-ring (bicyclic) bond motifs is 1. The number of hydrogen-bond acceptors (Lipinski definition) is 5. The number of rotatable bonds is 4. The van der Waals surface area contributed by atoms with Gasteiger partial charge in [-0.2, -0.15) is 0 Å². The molecule has 116 valence electrons. The van der Waals surface area contributed by atoms with E-state index < -0.39 is 12.1 Å². The molecule has 2 aromatic rings. The Morgan fingerprint density at radius 1 is 1.32 bits per heavy atom. The first-order valence-corrected chi connectivity index (χ1v) is 6.81. The van der Waals surface area contributed by atoms with Crippen LogP contribution in [0, 0.1) is 0 Å². The zero-order valence-corrected chi connectivity index (χ0v) is 12.7. The Balaban J connectivity index is 2.04. The van der Waals surface area contributed by atoms with E-state index in [-0.39, 0.29) is 5.91 Å². The lowest BCUT2D eigenvalue weighted by Crippen LogP contribution is -2.45. The highest BCUT2D eigenvalue weighted by atomic mass is 16.5. The Bertz CT molecular complexity index is 689. The van der Waals surface area contributed by atoms with E-state index in [0.717, 1.165) is 11.0 Å². The Labute approximate surface area is 128 Å². The number of carbonyl (C=O) groups excluding carboxylic acids is 2. The third kappa shape index (κ3) is 3.69. The number of nitrogens with zero attached hydrogens (tertiary/aromatic N) is 3. The van der Waals surface area contributed by atoms with E-state index >= 15 is 0 Å². The highest BCUT2D eigenvalue weighted by molar-refractivity contribution is 5.85. The highest BCUT2D eigenvalue weighted by Gasteiger charge is 2.20. The Morgan fingerprint density at radius 3 is 2.68 bits per heavy atom. The SMILES string of the molecule is COC(=O)NC(C)C(=O)N(C)Cc1cnc2ccccc2n1. The molecule has 7 nitrogen and oxygen atoms in total. The van der Waals surface area contributed by atoms with E-state index in [0.29, 0.717) is 12.2 Å². The number of alkyl carbamates (subject to hydrolysis) is 1. The summed E-state index contributed by atoms with van der Waals surface area (Å²) in [5.74, 6) is -0.236. The van der Waals surface area contributed by atoms with Gasteiger partial charge in [-0.25, -0.2) is 9.78 Å². The standard InChI is InChI=1S/C15H18N4O3/c1-10(17-15(21)22-3)14(20)19(2)9-11-8-16-12-6-4-5-7-13(12)18-11/h4-8,10H,9H2,1-3H3,(H,17,21). The summed E-state index contributed by atoms with van der Waals surface area (Å²) in [7, 11) is 2.90. The van der Waals surface area contributed by atoms with Gasteiger partial charge in [-0.1, -0.05) is 12.1 Å². The molecular formula is C15H18N4O3. The van der Waals surface area contributed by atoms with Crippen molar-refractivity contribution >= 4 is 23.0 Å². The van der Waals surface area contributed by atoms with Gasteiger partial charge in [-0.15, -0.1) is 0 Å². The van der Waals surface area contributed by atoms with Gasteiger partial charge >= 0.3 is 6.09 Å². The Morgan fingerprint density at radius 2 is 2.00 bits per heavy atom. The average molecular weight is 302 g/mol. The second-order valence-corrected chi connectivity index (χ2v) is 4.90. The van der Waals surface area contributed by atoms with E-state index in [1.54, 1.807) is 20.2 Å². The molecule has 7 heteroatoms. The van der Waals surface area contributed by atoms with Gasteiger partial charge in [-0.3, -0.25) is 9.78 Å². The van der Waals surface area contributed by atoms with Gasteiger partial charge in [-0.05, 0) is 19.1 Å². The summed E-state index contributed by atoms with van der Waals surface area (Å²) in [6, 6.07) is 6.86. The molecule has 2 amide bonds. The van der Waals surface area contributed by atoms with Crippen molar-refractivity contribution in [3.63, 3.8) is 0 Å². The number of hydrogen-bond donors (Lipinski definition) is 1. The van der Waals surface area contributed by atoms with Gasteiger partial charge in [0.05, 0.1) is 36.6 Å². The first-order chi connectivity index (χ1) is 10.5. The molecule has 22 heavy (non-hydrogen) atoms. The maximum atomic E-state index is 12.2. The molecule has 1 unspecified atom stereocenters. The number of methoxy groups -OCH3 is 1. The molecule has 0 aliphatic heterocycles. The number of benzene rings is 1. The van der Waals surface area contributed by atoms with Crippen molar-refractivity contribution in [1.29, 1.82) is 0 Å². The number of amides is 2. The van der Waals surface area contributed by atoms with Gasteiger partial charge in [0.2, 0.25) is 5.91 Å². The molecule has 0 fully saturated rings. The smallest absolute Gasteiger partial charge is 0.407 e. The summed E-state index contributed by atoms with van der Waals surface area (Å²) in [6.07, 6.45) is 1.00. The molecule has 0 aliphatic carbocycles.